The molecule has 2 atom stereocenters. The van der Waals surface area contributed by atoms with Crippen LogP contribution in [-0.4, -0.2) is 35.2 Å². The van der Waals surface area contributed by atoms with Gasteiger partial charge in [0.05, 0.1) is 6.10 Å². The third-order valence-electron chi connectivity index (χ3n) is 2.68. The van der Waals surface area contributed by atoms with E-state index >= 15 is 0 Å². The van der Waals surface area contributed by atoms with E-state index < -0.39 is 0 Å². The number of piperidine rings is 1. The maximum Gasteiger partial charge on any atom is 0.0693 e. The van der Waals surface area contributed by atoms with Gasteiger partial charge >= 0.3 is 0 Å². The predicted molar refractivity (Wildman–Crippen MR) is 46.5 cm³/mol. The van der Waals surface area contributed by atoms with Gasteiger partial charge in [-0.25, -0.2) is 0 Å². The summed E-state index contributed by atoms with van der Waals surface area (Å²) in [6, 6.07) is 0.581. The maximum atomic E-state index is 9.56. The van der Waals surface area contributed by atoms with Gasteiger partial charge in [-0.05, 0) is 32.7 Å². The second-order valence-electron chi connectivity index (χ2n) is 3.92. The Morgan fingerprint density at radius 3 is 2.55 bits per heavy atom. The van der Waals surface area contributed by atoms with Crippen LogP contribution in [0.3, 0.4) is 0 Å². The zero-order chi connectivity index (χ0) is 8.43. The van der Waals surface area contributed by atoms with Crippen molar-refractivity contribution in [2.24, 2.45) is 5.92 Å². The highest BCUT2D eigenvalue weighted by Crippen LogP contribution is 2.18. The Bertz CT molecular complexity index is 125. The molecule has 1 rings (SSSR count). The largest absolute Gasteiger partial charge is 0.392 e. The van der Waals surface area contributed by atoms with Crippen LogP contribution in [0.5, 0.6) is 0 Å². The van der Waals surface area contributed by atoms with Crippen molar-refractivity contribution < 1.29 is 5.11 Å². The van der Waals surface area contributed by atoms with Crippen LogP contribution >= 0.6 is 0 Å². The summed E-state index contributed by atoms with van der Waals surface area (Å²) in [7, 11) is 0. The Morgan fingerprint density at radius 2 is 2.09 bits per heavy atom. The van der Waals surface area contributed by atoms with Crippen LogP contribution in [0.1, 0.15) is 27.2 Å². The van der Waals surface area contributed by atoms with E-state index in [-0.39, 0.29) is 6.10 Å². The third-order valence-corrected chi connectivity index (χ3v) is 2.68. The molecule has 2 heteroatoms. The molecule has 0 saturated carbocycles. The Balaban J connectivity index is 2.40. The van der Waals surface area contributed by atoms with Crippen LogP contribution in [0.2, 0.25) is 0 Å². The Hall–Kier alpha value is -0.0800. The van der Waals surface area contributed by atoms with Crippen molar-refractivity contribution in [2.45, 2.75) is 39.3 Å². The van der Waals surface area contributed by atoms with E-state index in [0.29, 0.717) is 12.0 Å². The third kappa shape index (κ3) is 2.17. The van der Waals surface area contributed by atoms with Crippen LogP contribution < -0.4 is 0 Å². The lowest BCUT2D eigenvalue weighted by atomic mass is 9.95. The molecule has 0 spiro atoms. The zero-order valence-corrected chi connectivity index (χ0v) is 7.75. The summed E-state index contributed by atoms with van der Waals surface area (Å²) in [5.41, 5.74) is 0. The van der Waals surface area contributed by atoms with E-state index in [0.717, 1.165) is 19.5 Å². The molecule has 0 aromatic rings. The molecule has 1 aliphatic rings. The van der Waals surface area contributed by atoms with Gasteiger partial charge in [0, 0.05) is 12.6 Å². The fraction of sp³-hybridized carbons (Fsp3) is 1.00. The summed E-state index contributed by atoms with van der Waals surface area (Å²) >= 11 is 0. The Labute approximate surface area is 69.2 Å². The first-order valence-corrected chi connectivity index (χ1v) is 4.53. The number of hydrogen-bond acceptors (Lipinski definition) is 2. The Morgan fingerprint density at radius 1 is 1.45 bits per heavy atom. The smallest absolute Gasteiger partial charge is 0.0693 e. The summed E-state index contributed by atoms with van der Waals surface area (Å²) in [5.74, 6) is 0.491. The van der Waals surface area contributed by atoms with E-state index in [1.54, 1.807) is 0 Å². The molecule has 1 heterocycles. The molecule has 2 nitrogen and oxygen atoms in total. The topological polar surface area (TPSA) is 23.5 Å². The molecule has 2 unspecified atom stereocenters. The first kappa shape index (κ1) is 9.01. The number of nitrogens with zero attached hydrogens (tertiary/aromatic N) is 1. The van der Waals surface area contributed by atoms with Gasteiger partial charge in [-0.2, -0.15) is 0 Å². The summed E-state index contributed by atoms with van der Waals surface area (Å²) in [5, 5.41) is 9.56. The quantitative estimate of drug-likeness (QED) is 0.616. The molecule has 0 amide bonds. The van der Waals surface area contributed by atoms with Crippen molar-refractivity contribution in [1.82, 2.24) is 4.90 Å². The minimum absolute atomic E-state index is 0.105. The molecule has 1 fully saturated rings. The minimum Gasteiger partial charge on any atom is -0.392 e. The summed E-state index contributed by atoms with van der Waals surface area (Å²) in [6.45, 7) is 8.50. The Kier molecular flexibility index (Phi) is 2.90. The lowest BCUT2D eigenvalue weighted by Gasteiger charge is -2.36. The van der Waals surface area contributed by atoms with Gasteiger partial charge in [0.2, 0.25) is 0 Å². The van der Waals surface area contributed by atoms with Gasteiger partial charge in [-0.3, -0.25) is 4.90 Å². The molecule has 66 valence electrons. The molecular weight excluding hydrogens is 138 g/mol. The van der Waals surface area contributed by atoms with Gasteiger partial charge in [0.25, 0.3) is 0 Å². The molecule has 0 aliphatic carbocycles. The fourth-order valence-electron chi connectivity index (χ4n) is 1.54. The number of aliphatic hydroxyl groups is 1. The fourth-order valence-corrected chi connectivity index (χ4v) is 1.54. The number of likely N-dealkylation sites (tertiary alicyclic amines) is 1. The number of aliphatic hydroxyl groups excluding tert-OH is 1. The number of hydrogen-bond donors (Lipinski definition) is 1. The van der Waals surface area contributed by atoms with E-state index in [2.05, 4.69) is 25.7 Å². The average Bonchev–Trinajstić information content (AvgIpc) is 1.94. The van der Waals surface area contributed by atoms with E-state index in [1.807, 2.05) is 0 Å². The normalized spacial score (nSPS) is 34.6. The second kappa shape index (κ2) is 3.55. The van der Waals surface area contributed by atoms with Gasteiger partial charge in [0.15, 0.2) is 0 Å². The van der Waals surface area contributed by atoms with E-state index in [4.69, 9.17) is 0 Å². The summed E-state index contributed by atoms with van der Waals surface area (Å²) in [4.78, 5) is 2.34. The minimum atomic E-state index is -0.105. The molecular formula is C9H19NO. The van der Waals surface area contributed by atoms with Crippen molar-refractivity contribution >= 4 is 0 Å². The second-order valence-corrected chi connectivity index (χ2v) is 3.92. The van der Waals surface area contributed by atoms with Gasteiger partial charge in [0.1, 0.15) is 0 Å². The van der Waals surface area contributed by atoms with Crippen LogP contribution in [0.15, 0.2) is 0 Å². The van der Waals surface area contributed by atoms with E-state index in [1.165, 1.54) is 0 Å². The highest BCUT2D eigenvalue weighted by Gasteiger charge is 2.25. The predicted octanol–water partition coefficient (Wildman–Crippen LogP) is 1.10. The molecule has 11 heavy (non-hydrogen) atoms. The van der Waals surface area contributed by atoms with Crippen molar-refractivity contribution in [3.8, 4) is 0 Å². The van der Waals surface area contributed by atoms with Crippen molar-refractivity contribution in [3.63, 3.8) is 0 Å². The van der Waals surface area contributed by atoms with Gasteiger partial charge in [-0.15, -0.1) is 0 Å². The lowest BCUT2D eigenvalue weighted by Crippen LogP contribution is -2.45. The molecule has 1 N–H and O–H groups in total. The van der Waals surface area contributed by atoms with E-state index in [9.17, 15) is 5.11 Å². The molecule has 0 bridgehead atoms. The van der Waals surface area contributed by atoms with Gasteiger partial charge in [-0.1, -0.05) is 6.92 Å². The highest BCUT2D eigenvalue weighted by atomic mass is 16.3. The van der Waals surface area contributed by atoms with Gasteiger partial charge < -0.3 is 5.11 Å². The summed E-state index contributed by atoms with van der Waals surface area (Å²) in [6.07, 6.45) is 1.03. The molecule has 1 aliphatic heterocycles. The van der Waals surface area contributed by atoms with Crippen molar-refractivity contribution in [2.75, 3.05) is 13.1 Å². The highest BCUT2D eigenvalue weighted by molar-refractivity contribution is 4.78. The standard InChI is InChI=1S/C9H19NO/c1-7(2)10-5-4-8(3)9(11)6-10/h7-9,11H,4-6H2,1-3H3. The average molecular weight is 157 g/mol. The van der Waals surface area contributed by atoms with Crippen molar-refractivity contribution in [1.29, 1.82) is 0 Å². The van der Waals surface area contributed by atoms with Crippen LogP contribution in [-0.2, 0) is 0 Å². The summed E-state index contributed by atoms with van der Waals surface area (Å²) < 4.78 is 0. The molecule has 0 aromatic heterocycles. The molecule has 0 aromatic carbocycles. The van der Waals surface area contributed by atoms with Crippen LogP contribution in [0, 0.1) is 5.92 Å². The van der Waals surface area contributed by atoms with Crippen LogP contribution in [0.25, 0.3) is 0 Å². The van der Waals surface area contributed by atoms with Crippen LogP contribution in [0.4, 0.5) is 0 Å². The molecule has 0 radical (unpaired) electrons. The monoisotopic (exact) mass is 157 g/mol. The first-order valence-electron chi connectivity index (χ1n) is 4.53. The SMILES string of the molecule is CC1CCN(C(C)C)CC1O. The first-order chi connectivity index (χ1) is 5.11. The number of rotatable bonds is 1. The number of β-amino-alcohol motifs (C(OH)–C–C–N with tert-alkyl or cyclic N) is 1. The molecule has 1 saturated heterocycles. The zero-order valence-electron chi connectivity index (χ0n) is 7.75. The van der Waals surface area contributed by atoms with Crippen molar-refractivity contribution in [3.05, 3.63) is 0 Å². The lowest BCUT2D eigenvalue weighted by molar-refractivity contribution is 0.0164. The maximum absolute atomic E-state index is 9.56.